The molecular weight excluding hydrogens is 510 g/mol. The van der Waals surface area contributed by atoms with E-state index < -0.39 is 0 Å². The lowest BCUT2D eigenvalue weighted by Crippen LogP contribution is -2.36. The summed E-state index contributed by atoms with van der Waals surface area (Å²) in [6.45, 7) is 4.90. The minimum atomic E-state index is -0.196. The molecule has 1 aliphatic rings. The van der Waals surface area contributed by atoms with Crippen molar-refractivity contribution >= 4 is 38.2 Å². The summed E-state index contributed by atoms with van der Waals surface area (Å²) in [7, 11) is 0. The molecule has 1 saturated heterocycles. The van der Waals surface area contributed by atoms with E-state index in [4.69, 9.17) is 15.6 Å². The zero-order valence-corrected chi connectivity index (χ0v) is 20.7. The molecule has 1 aromatic heterocycles. The van der Waals surface area contributed by atoms with E-state index in [1.165, 1.54) is 4.68 Å². The second-order valence-corrected chi connectivity index (χ2v) is 9.31. The predicted molar refractivity (Wildman–Crippen MR) is 141 cm³/mol. The summed E-state index contributed by atoms with van der Waals surface area (Å²) in [4.78, 5) is 15.9. The van der Waals surface area contributed by atoms with E-state index in [0.29, 0.717) is 29.9 Å². The van der Waals surface area contributed by atoms with E-state index in [0.717, 1.165) is 45.5 Å². The maximum Gasteiger partial charge on any atom is 0.279 e. The smallest absolute Gasteiger partial charge is 0.279 e. The fourth-order valence-corrected chi connectivity index (χ4v) is 4.84. The topological polar surface area (TPSA) is 106 Å². The Kier molecular flexibility index (Phi) is 6.27. The molecule has 0 spiro atoms. The normalized spacial score (nSPS) is 14.5. The van der Waals surface area contributed by atoms with Gasteiger partial charge in [-0.2, -0.15) is 9.78 Å². The van der Waals surface area contributed by atoms with Crippen LogP contribution in [0.15, 0.2) is 75.1 Å². The number of morpholine rings is 1. The summed E-state index contributed by atoms with van der Waals surface area (Å²) in [6, 6.07) is 18.9. The number of ether oxygens (including phenoxy) is 1. The number of oxime groups is 1. The quantitative estimate of drug-likeness (QED) is 0.177. The molecule has 1 fully saturated rings. The van der Waals surface area contributed by atoms with Crippen LogP contribution in [0.25, 0.3) is 27.7 Å². The molecule has 3 aromatic carbocycles. The zero-order chi connectivity index (χ0) is 24.5. The Balaban J connectivity index is 1.75. The van der Waals surface area contributed by atoms with Crippen LogP contribution in [0, 0.1) is 6.92 Å². The standard InChI is InChI=1S/C26H24BrN5O3/c1-16-6-7-20(31-8-10-35-11-9-31)15-23(16)32-26(33)22-5-3-2-4-21(22)24(29-32)17-12-18(25(28)30-34)14-19(27)13-17/h2-7,12-15,34H,8-11H2,1H3,(H2,28,30). The van der Waals surface area contributed by atoms with Crippen LogP contribution in [0.4, 0.5) is 5.69 Å². The molecule has 35 heavy (non-hydrogen) atoms. The van der Waals surface area contributed by atoms with Crippen LogP contribution in [0.2, 0.25) is 0 Å². The summed E-state index contributed by atoms with van der Waals surface area (Å²) in [5.41, 5.74) is 10.2. The molecule has 8 nitrogen and oxygen atoms in total. The van der Waals surface area contributed by atoms with Gasteiger partial charge in [0.15, 0.2) is 5.84 Å². The number of rotatable bonds is 4. The number of aromatic nitrogens is 2. The van der Waals surface area contributed by atoms with Crippen LogP contribution in [0.3, 0.4) is 0 Å². The molecule has 0 amide bonds. The van der Waals surface area contributed by atoms with Crippen LogP contribution in [0.5, 0.6) is 0 Å². The molecule has 178 valence electrons. The van der Waals surface area contributed by atoms with E-state index in [-0.39, 0.29) is 11.4 Å². The maximum atomic E-state index is 13.6. The summed E-state index contributed by atoms with van der Waals surface area (Å²) < 4.78 is 7.70. The second kappa shape index (κ2) is 9.52. The van der Waals surface area contributed by atoms with Gasteiger partial charge < -0.3 is 20.6 Å². The van der Waals surface area contributed by atoms with Crippen LogP contribution in [-0.4, -0.2) is 47.1 Å². The highest BCUT2D eigenvalue weighted by Gasteiger charge is 2.18. The third-order valence-corrected chi connectivity index (χ3v) is 6.63. The van der Waals surface area contributed by atoms with Crippen molar-refractivity contribution in [2.24, 2.45) is 10.9 Å². The SMILES string of the molecule is Cc1ccc(N2CCOCC2)cc1-n1nc(-c2cc(Br)cc(/C(N)=N/O)c2)c2ccccc2c1=O. The lowest BCUT2D eigenvalue weighted by atomic mass is 10.0. The van der Waals surface area contributed by atoms with Crippen molar-refractivity contribution in [3.05, 3.63) is 86.6 Å². The highest BCUT2D eigenvalue weighted by Crippen LogP contribution is 2.30. The minimum Gasteiger partial charge on any atom is -0.409 e. The van der Waals surface area contributed by atoms with Crippen LogP contribution < -0.4 is 16.2 Å². The van der Waals surface area contributed by atoms with Gasteiger partial charge >= 0.3 is 0 Å². The number of benzene rings is 3. The van der Waals surface area contributed by atoms with Gasteiger partial charge in [0.25, 0.3) is 5.56 Å². The fraction of sp³-hybridized carbons (Fsp3) is 0.192. The molecule has 0 unspecified atom stereocenters. The third-order valence-electron chi connectivity index (χ3n) is 6.18. The fourth-order valence-electron chi connectivity index (χ4n) is 4.34. The van der Waals surface area contributed by atoms with Crippen LogP contribution >= 0.6 is 15.9 Å². The first-order valence-corrected chi connectivity index (χ1v) is 12.0. The monoisotopic (exact) mass is 533 g/mol. The third kappa shape index (κ3) is 4.40. The average Bonchev–Trinajstić information content (AvgIpc) is 2.89. The Bertz CT molecular complexity index is 1510. The summed E-state index contributed by atoms with van der Waals surface area (Å²) in [5, 5.41) is 18.4. The maximum absolute atomic E-state index is 13.6. The predicted octanol–water partition coefficient (Wildman–Crippen LogP) is 4.05. The zero-order valence-electron chi connectivity index (χ0n) is 19.1. The first-order valence-electron chi connectivity index (χ1n) is 11.2. The molecule has 3 N–H and O–H groups in total. The number of halogens is 1. The molecule has 9 heteroatoms. The molecule has 0 atom stereocenters. The lowest BCUT2D eigenvalue weighted by Gasteiger charge is -2.29. The molecular formula is C26H24BrN5O3. The van der Waals surface area contributed by atoms with Gasteiger partial charge in [0, 0.05) is 39.8 Å². The number of nitrogens with zero attached hydrogens (tertiary/aromatic N) is 4. The molecule has 0 aliphatic carbocycles. The van der Waals surface area contributed by atoms with Gasteiger partial charge in [-0.25, -0.2) is 0 Å². The first kappa shape index (κ1) is 23.1. The number of fused-ring (bicyclic) bond motifs is 1. The van der Waals surface area contributed by atoms with E-state index in [1.807, 2.05) is 49.4 Å². The van der Waals surface area contributed by atoms with Crippen molar-refractivity contribution in [1.29, 1.82) is 0 Å². The first-order chi connectivity index (χ1) is 17.0. The Morgan fingerprint density at radius 3 is 2.57 bits per heavy atom. The Morgan fingerprint density at radius 1 is 1.09 bits per heavy atom. The van der Waals surface area contributed by atoms with Gasteiger partial charge in [-0.05, 0) is 48.9 Å². The van der Waals surface area contributed by atoms with Crippen molar-refractivity contribution in [2.45, 2.75) is 6.92 Å². The highest BCUT2D eigenvalue weighted by molar-refractivity contribution is 9.10. The average molecular weight is 534 g/mol. The van der Waals surface area contributed by atoms with Gasteiger partial charge in [-0.3, -0.25) is 4.79 Å². The van der Waals surface area contributed by atoms with E-state index in [2.05, 4.69) is 32.1 Å². The number of aryl methyl sites for hydroxylation is 1. The Labute approximate surface area is 210 Å². The Morgan fingerprint density at radius 2 is 1.83 bits per heavy atom. The number of anilines is 1. The number of amidine groups is 1. The van der Waals surface area contributed by atoms with Gasteiger partial charge in [-0.1, -0.05) is 45.4 Å². The lowest BCUT2D eigenvalue weighted by molar-refractivity contribution is 0.122. The number of hydrogen-bond donors (Lipinski definition) is 2. The van der Waals surface area contributed by atoms with Crippen molar-refractivity contribution in [2.75, 3.05) is 31.2 Å². The van der Waals surface area contributed by atoms with Crippen molar-refractivity contribution < 1.29 is 9.94 Å². The van der Waals surface area contributed by atoms with E-state index in [9.17, 15) is 10.0 Å². The van der Waals surface area contributed by atoms with E-state index in [1.54, 1.807) is 12.1 Å². The molecule has 0 saturated carbocycles. The van der Waals surface area contributed by atoms with Crippen molar-refractivity contribution in [3.8, 4) is 16.9 Å². The van der Waals surface area contributed by atoms with Gasteiger partial charge in [0.2, 0.25) is 0 Å². The van der Waals surface area contributed by atoms with E-state index >= 15 is 0 Å². The van der Waals surface area contributed by atoms with Crippen molar-refractivity contribution in [3.63, 3.8) is 0 Å². The molecule has 2 heterocycles. The number of hydrogen-bond acceptors (Lipinski definition) is 6. The highest BCUT2D eigenvalue weighted by atomic mass is 79.9. The largest absolute Gasteiger partial charge is 0.409 e. The van der Waals surface area contributed by atoms with Gasteiger partial charge in [0.1, 0.15) is 0 Å². The van der Waals surface area contributed by atoms with Crippen molar-refractivity contribution in [1.82, 2.24) is 9.78 Å². The van der Waals surface area contributed by atoms with Crippen LogP contribution in [-0.2, 0) is 4.74 Å². The number of nitrogens with two attached hydrogens (primary N) is 1. The van der Waals surface area contributed by atoms with Gasteiger partial charge in [0.05, 0.1) is 30.0 Å². The molecule has 0 bridgehead atoms. The second-order valence-electron chi connectivity index (χ2n) is 8.40. The van der Waals surface area contributed by atoms with Gasteiger partial charge in [-0.15, -0.1) is 0 Å². The molecule has 4 aromatic rings. The molecule has 0 radical (unpaired) electrons. The Hall–Kier alpha value is -3.69. The minimum absolute atomic E-state index is 0.0146. The summed E-state index contributed by atoms with van der Waals surface area (Å²) in [5.74, 6) is -0.0146. The summed E-state index contributed by atoms with van der Waals surface area (Å²) in [6.07, 6.45) is 0. The molecule has 1 aliphatic heterocycles. The molecule has 5 rings (SSSR count). The van der Waals surface area contributed by atoms with Crippen LogP contribution in [0.1, 0.15) is 11.1 Å². The summed E-state index contributed by atoms with van der Waals surface area (Å²) >= 11 is 3.51.